The third kappa shape index (κ3) is 4.72. The summed E-state index contributed by atoms with van der Waals surface area (Å²) in [4.78, 5) is 27.6. The van der Waals surface area contributed by atoms with E-state index in [9.17, 15) is 22.4 Å². The minimum atomic E-state index is -4.12. The van der Waals surface area contributed by atoms with Crippen molar-refractivity contribution in [1.82, 2.24) is 4.90 Å². The first-order valence-electron chi connectivity index (χ1n) is 10.0. The molecule has 1 atom stereocenters. The number of fused-ring (bicyclic) bond motifs is 1. The molecule has 0 saturated carbocycles. The average Bonchev–Trinajstić information content (AvgIpc) is 2.75. The van der Waals surface area contributed by atoms with Gasteiger partial charge in [0.25, 0.3) is 10.0 Å². The van der Waals surface area contributed by atoms with Gasteiger partial charge < -0.3 is 10.2 Å². The Labute approximate surface area is 194 Å². The fourth-order valence-electron chi connectivity index (χ4n) is 3.59. The Morgan fingerprint density at radius 2 is 1.94 bits per heavy atom. The first-order chi connectivity index (χ1) is 15.1. The average molecular weight is 498 g/mol. The monoisotopic (exact) mass is 497 g/mol. The zero-order valence-electron chi connectivity index (χ0n) is 17.1. The van der Waals surface area contributed by atoms with Crippen LogP contribution in [0.3, 0.4) is 0 Å². The fraction of sp³-hybridized carbons (Fsp3) is 0.333. The number of hydrogen-bond acceptors (Lipinski definition) is 5. The fourth-order valence-corrected chi connectivity index (χ4v) is 5.89. The lowest BCUT2D eigenvalue weighted by Gasteiger charge is -2.33. The van der Waals surface area contributed by atoms with E-state index in [-0.39, 0.29) is 27.2 Å². The lowest BCUT2D eigenvalue weighted by atomic mass is 9.99. The van der Waals surface area contributed by atoms with Crippen LogP contribution in [0.25, 0.3) is 0 Å². The van der Waals surface area contributed by atoms with Gasteiger partial charge in [-0.2, -0.15) is 0 Å². The zero-order valence-corrected chi connectivity index (χ0v) is 19.5. The van der Waals surface area contributed by atoms with E-state index in [4.69, 9.17) is 11.6 Å². The Balaban J connectivity index is 1.52. The molecule has 2 N–H and O–H groups in total. The number of nitrogens with one attached hydrogen (secondary N) is 2. The molecule has 1 fully saturated rings. The lowest BCUT2D eigenvalue weighted by Crippen LogP contribution is -2.47. The predicted octanol–water partition coefficient (Wildman–Crippen LogP) is 3.95. The number of nitrogens with zero attached hydrogens (tertiary/aromatic N) is 1. The maximum Gasteiger partial charge on any atom is 0.262 e. The number of thioether (sulfide) groups is 1. The van der Waals surface area contributed by atoms with E-state index in [0.29, 0.717) is 23.9 Å². The molecule has 2 aromatic rings. The van der Waals surface area contributed by atoms with Gasteiger partial charge in [0, 0.05) is 23.0 Å². The Hall–Kier alpha value is -2.30. The summed E-state index contributed by atoms with van der Waals surface area (Å²) in [5, 5.41) is 1.87. The van der Waals surface area contributed by atoms with Crippen LogP contribution in [0.4, 0.5) is 15.8 Å². The van der Waals surface area contributed by atoms with Gasteiger partial charge in [0.15, 0.2) is 5.25 Å². The van der Waals surface area contributed by atoms with Crippen LogP contribution in [-0.4, -0.2) is 43.5 Å². The third-order valence-electron chi connectivity index (χ3n) is 5.50. The summed E-state index contributed by atoms with van der Waals surface area (Å²) in [6.45, 7) is 3.39. The van der Waals surface area contributed by atoms with Crippen molar-refractivity contribution in [2.75, 3.05) is 23.1 Å². The van der Waals surface area contributed by atoms with Crippen LogP contribution in [0, 0.1) is 11.7 Å². The van der Waals surface area contributed by atoms with Gasteiger partial charge in [-0.25, -0.2) is 12.8 Å². The van der Waals surface area contributed by atoms with Crippen LogP contribution < -0.4 is 10.0 Å². The Bertz CT molecular complexity index is 1180. The number of hydrogen-bond donors (Lipinski definition) is 2. The highest BCUT2D eigenvalue weighted by molar-refractivity contribution is 8.01. The minimum absolute atomic E-state index is 0.141. The second kappa shape index (κ2) is 8.92. The summed E-state index contributed by atoms with van der Waals surface area (Å²) in [7, 11) is -4.12. The molecule has 11 heteroatoms. The van der Waals surface area contributed by atoms with Gasteiger partial charge in [0.1, 0.15) is 5.82 Å². The quantitative estimate of drug-likeness (QED) is 0.623. The Kier molecular flexibility index (Phi) is 6.37. The van der Waals surface area contributed by atoms with Crippen molar-refractivity contribution >= 4 is 56.6 Å². The van der Waals surface area contributed by atoms with Crippen LogP contribution in [0.1, 0.15) is 19.8 Å². The van der Waals surface area contributed by atoms with Crippen molar-refractivity contribution in [3.8, 4) is 0 Å². The largest absolute Gasteiger partial charge is 0.341 e. The van der Waals surface area contributed by atoms with Gasteiger partial charge in [-0.3, -0.25) is 14.3 Å². The highest BCUT2D eigenvalue weighted by Crippen LogP contribution is 2.38. The molecular formula is C21H21ClFN3O4S2. The molecule has 2 aromatic carbocycles. The summed E-state index contributed by atoms with van der Waals surface area (Å²) in [6, 6.07) is 7.77. The molecule has 0 spiro atoms. The molecule has 2 heterocycles. The number of anilines is 2. The normalized spacial score (nSPS) is 19.3. The van der Waals surface area contributed by atoms with Crippen LogP contribution in [-0.2, 0) is 19.6 Å². The second-order valence-electron chi connectivity index (χ2n) is 7.88. The zero-order chi connectivity index (χ0) is 23.0. The van der Waals surface area contributed by atoms with Crippen LogP contribution >= 0.6 is 23.4 Å². The standard InChI is InChI=1S/C21H21ClFN3O4S2/c1-12-6-8-26(9-7-12)21(28)19-20(27)24-17-11-14(3-5-18(17)31-19)32(29,30)25-16-4-2-13(22)10-15(16)23/h2-5,10-12,19,25H,6-9H2,1H3,(H,24,27)/t19-/m0/s1. The van der Waals surface area contributed by atoms with E-state index in [0.717, 1.165) is 30.7 Å². The van der Waals surface area contributed by atoms with Crippen molar-refractivity contribution in [1.29, 1.82) is 0 Å². The number of sulfonamides is 1. The molecule has 0 radical (unpaired) electrons. The van der Waals surface area contributed by atoms with Crippen molar-refractivity contribution in [3.05, 3.63) is 47.2 Å². The summed E-state index contributed by atoms with van der Waals surface area (Å²) < 4.78 is 41.6. The molecule has 0 unspecified atom stereocenters. The third-order valence-corrected chi connectivity index (χ3v) is 8.36. The Morgan fingerprint density at radius 3 is 2.62 bits per heavy atom. The predicted molar refractivity (Wildman–Crippen MR) is 122 cm³/mol. The van der Waals surface area contributed by atoms with E-state index < -0.39 is 27.0 Å². The van der Waals surface area contributed by atoms with Gasteiger partial charge in [0.05, 0.1) is 16.3 Å². The van der Waals surface area contributed by atoms with Crippen molar-refractivity contribution in [2.45, 2.75) is 34.8 Å². The number of halogens is 2. The van der Waals surface area contributed by atoms with Crippen molar-refractivity contribution in [2.24, 2.45) is 5.92 Å². The molecule has 1 saturated heterocycles. The number of rotatable bonds is 4. The molecule has 4 rings (SSSR count). The number of benzene rings is 2. The molecule has 0 aromatic heterocycles. The summed E-state index contributed by atoms with van der Waals surface area (Å²) in [5.74, 6) is -0.974. The van der Waals surface area contributed by atoms with E-state index in [2.05, 4.69) is 17.0 Å². The molecule has 2 aliphatic heterocycles. The van der Waals surface area contributed by atoms with Crippen molar-refractivity contribution in [3.63, 3.8) is 0 Å². The van der Waals surface area contributed by atoms with Crippen LogP contribution in [0.15, 0.2) is 46.2 Å². The van der Waals surface area contributed by atoms with E-state index in [1.807, 2.05) is 0 Å². The summed E-state index contributed by atoms with van der Waals surface area (Å²) in [5.41, 5.74) is 0.0443. The van der Waals surface area contributed by atoms with Crippen LogP contribution in [0.2, 0.25) is 5.02 Å². The number of carbonyl (C=O) groups excluding carboxylic acids is 2. The maximum atomic E-state index is 14.0. The minimum Gasteiger partial charge on any atom is -0.341 e. The highest BCUT2D eigenvalue weighted by atomic mass is 35.5. The lowest BCUT2D eigenvalue weighted by molar-refractivity contribution is -0.135. The highest BCUT2D eigenvalue weighted by Gasteiger charge is 2.37. The summed E-state index contributed by atoms with van der Waals surface area (Å²) >= 11 is 6.80. The first kappa shape index (κ1) is 22.9. The number of likely N-dealkylation sites (tertiary alicyclic amines) is 1. The van der Waals surface area contributed by atoms with Gasteiger partial charge in [0.2, 0.25) is 11.8 Å². The molecule has 0 bridgehead atoms. The summed E-state index contributed by atoms with van der Waals surface area (Å²) in [6.07, 6.45) is 1.81. The molecule has 32 heavy (non-hydrogen) atoms. The number of piperidine rings is 1. The Morgan fingerprint density at radius 1 is 1.22 bits per heavy atom. The smallest absolute Gasteiger partial charge is 0.262 e. The molecule has 0 aliphatic carbocycles. The first-order valence-corrected chi connectivity index (χ1v) is 12.8. The SMILES string of the molecule is CC1CCN(C(=O)[C@H]2Sc3ccc(S(=O)(=O)Nc4ccc(Cl)cc4F)cc3NC2=O)CC1. The second-order valence-corrected chi connectivity index (χ2v) is 11.1. The molecular weight excluding hydrogens is 477 g/mol. The van der Waals surface area contributed by atoms with E-state index in [1.165, 1.54) is 30.3 Å². The van der Waals surface area contributed by atoms with Gasteiger partial charge in [-0.05, 0) is 55.2 Å². The topological polar surface area (TPSA) is 95.6 Å². The van der Waals surface area contributed by atoms with Gasteiger partial charge >= 0.3 is 0 Å². The van der Waals surface area contributed by atoms with Crippen LogP contribution in [0.5, 0.6) is 0 Å². The van der Waals surface area contributed by atoms with E-state index in [1.54, 1.807) is 4.90 Å². The van der Waals surface area contributed by atoms with Gasteiger partial charge in [-0.15, -0.1) is 11.8 Å². The molecule has 7 nitrogen and oxygen atoms in total. The van der Waals surface area contributed by atoms with Gasteiger partial charge in [-0.1, -0.05) is 18.5 Å². The number of amides is 2. The molecule has 170 valence electrons. The van der Waals surface area contributed by atoms with Crippen molar-refractivity contribution < 1.29 is 22.4 Å². The van der Waals surface area contributed by atoms with E-state index >= 15 is 0 Å². The molecule has 2 aliphatic rings. The number of carbonyl (C=O) groups is 2. The molecule has 2 amide bonds. The maximum absolute atomic E-state index is 14.0.